The minimum Gasteiger partial charge on any atom is -0.481 e. The van der Waals surface area contributed by atoms with Crippen LogP contribution in [-0.2, 0) is 16.1 Å². The number of carbonyl (C=O) groups excluding carboxylic acids is 3. The third-order valence-electron chi connectivity index (χ3n) is 5.44. The van der Waals surface area contributed by atoms with Gasteiger partial charge in [-0.25, -0.2) is 9.97 Å². The Labute approximate surface area is 176 Å². The second-order valence-electron chi connectivity index (χ2n) is 7.34. The van der Waals surface area contributed by atoms with Gasteiger partial charge in [-0.3, -0.25) is 24.8 Å². The summed E-state index contributed by atoms with van der Waals surface area (Å²) in [5.41, 5.74) is 2.66. The maximum Gasteiger partial charge on any atom is 0.255 e. The Morgan fingerprint density at radius 1 is 1.13 bits per heavy atom. The summed E-state index contributed by atoms with van der Waals surface area (Å²) in [4.78, 5) is 46.8. The van der Waals surface area contributed by atoms with Gasteiger partial charge in [-0.2, -0.15) is 5.10 Å². The lowest BCUT2D eigenvalue weighted by Crippen LogP contribution is -2.52. The number of nitrogens with one attached hydrogen (secondary N) is 2. The van der Waals surface area contributed by atoms with Gasteiger partial charge in [0.2, 0.25) is 17.7 Å². The number of fused-ring (bicyclic) bond motifs is 1. The summed E-state index contributed by atoms with van der Waals surface area (Å²) in [5.74, 6) is 0.484. The lowest BCUT2D eigenvalue weighted by molar-refractivity contribution is -0.136. The van der Waals surface area contributed by atoms with Crippen molar-refractivity contribution in [2.45, 2.75) is 25.4 Å². The van der Waals surface area contributed by atoms with Gasteiger partial charge in [0.05, 0.1) is 7.11 Å². The number of nitrogens with zero attached hydrogens (tertiary/aromatic N) is 4. The molecule has 2 aliphatic heterocycles. The first-order chi connectivity index (χ1) is 15.0. The zero-order valence-corrected chi connectivity index (χ0v) is 16.6. The fourth-order valence-electron chi connectivity index (χ4n) is 3.88. The van der Waals surface area contributed by atoms with E-state index in [1.807, 2.05) is 12.1 Å². The summed E-state index contributed by atoms with van der Waals surface area (Å²) < 4.78 is 5.14. The molecule has 31 heavy (non-hydrogen) atoms. The van der Waals surface area contributed by atoms with Gasteiger partial charge in [-0.15, -0.1) is 0 Å². The lowest BCUT2D eigenvalue weighted by Gasteiger charge is -2.29. The van der Waals surface area contributed by atoms with Crippen LogP contribution in [0.5, 0.6) is 5.88 Å². The average Bonchev–Trinajstić information content (AvgIpc) is 3.39. The maximum absolute atomic E-state index is 12.8. The Kier molecular flexibility index (Phi) is 4.46. The quantitative estimate of drug-likeness (QED) is 0.611. The number of hydrogen-bond donors (Lipinski definition) is 2. The number of amides is 3. The normalized spacial score (nSPS) is 18.2. The van der Waals surface area contributed by atoms with Crippen LogP contribution in [0.4, 0.5) is 0 Å². The topological polar surface area (TPSA) is 130 Å². The Morgan fingerprint density at radius 2 is 2.00 bits per heavy atom. The Balaban J connectivity index is 1.40. The maximum atomic E-state index is 12.8. The van der Waals surface area contributed by atoms with E-state index in [4.69, 9.17) is 4.74 Å². The number of piperidine rings is 1. The second kappa shape index (κ2) is 7.31. The van der Waals surface area contributed by atoms with Crippen molar-refractivity contribution in [3.63, 3.8) is 0 Å². The van der Waals surface area contributed by atoms with Crippen molar-refractivity contribution in [2.24, 2.45) is 0 Å². The number of hydrogen-bond acceptors (Lipinski definition) is 7. The van der Waals surface area contributed by atoms with Gasteiger partial charge in [0.25, 0.3) is 5.91 Å². The summed E-state index contributed by atoms with van der Waals surface area (Å²) in [6.07, 6.45) is 0.551. The molecule has 0 unspecified atom stereocenters. The average molecular weight is 418 g/mol. The monoisotopic (exact) mass is 418 g/mol. The van der Waals surface area contributed by atoms with Crippen molar-refractivity contribution in [1.82, 2.24) is 30.4 Å². The molecule has 2 aromatic heterocycles. The van der Waals surface area contributed by atoms with Gasteiger partial charge in [-0.1, -0.05) is 12.1 Å². The van der Waals surface area contributed by atoms with E-state index >= 15 is 0 Å². The van der Waals surface area contributed by atoms with E-state index in [2.05, 4.69) is 25.5 Å². The smallest absolute Gasteiger partial charge is 0.255 e. The largest absolute Gasteiger partial charge is 0.481 e. The van der Waals surface area contributed by atoms with Gasteiger partial charge < -0.3 is 9.64 Å². The van der Waals surface area contributed by atoms with Gasteiger partial charge >= 0.3 is 0 Å². The predicted octanol–water partition coefficient (Wildman–Crippen LogP) is 1.30. The molecule has 0 saturated carbocycles. The van der Waals surface area contributed by atoms with Crippen LogP contribution in [0.1, 0.15) is 28.8 Å². The number of pyridine rings is 1. The number of H-pyrrole nitrogens is 1. The van der Waals surface area contributed by atoms with E-state index in [0.717, 1.165) is 11.1 Å². The molecule has 1 fully saturated rings. The van der Waals surface area contributed by atoms with Crippen molar-refractivity contribution in [1.29, 1.82) is 0 Å². The molecular formula is C21H18N6O4. The molecule has 1 saturated heterocycles. The van der Waals surface area contributed by atoms with Gasteiger partial charge in [0.15, 0.2) is 11.6 Å². The van der Waals surface area contributed by atoms with Gasteiger partial charge in [0.1, 0.15) is 11.7 Å². The highest BCUT2D eigenvalue weighted by molar-refractivity contribution is 6.05. The highest BCUT2D eigenvalue weighted by Crippen LogP contribution is 2.30. The van der Waals surface area contributed by atoms with Crippen molar-refractivity contribution < 1.29 is 19.1 Å². The second-order valence-corrected chi connectivity index (χ2v) is 7.34. The first-order valence-electron chi connectivity index (χ1n) is 9.75. The number of carbonyl (C=O) groups is 3. The summed E-state index contributed by atoms with van der Waals surface area (Å²) in [7, 11) is 1.54. The third kappa shape index (κ3) is 3.31. The fraction of sp³-hybridized carbons (Fsp3) is 0.238. The minimum atomic E-state index is -0.643. The van der Waals surface area contributed by atoms with Crippen molar-refractivity contribution in [3.8, 4) is 28.8 Å². The Bertz CT molecular complexity index is 1220. The first kappa shape index (κ1) is 18.9. The number of ether oxygens (including phenoxy) is 1. The van der Waals surface area contributed by atoms with Crippen molar-refractivity contribution in [3.05, 3.63) is 47.5 Å². The molecule has 2 N–H and O–H groups in total. The number of benzene rings is 1. The number of methoxy groups -OCH3 is 1. The summed E-state index contributed by atoms with van der Waals surface area (Å²) in [6.45, 7) is 0.295. The van der Waals surface area contributed by atoms with E-state index in [-0.39, 0.29) is 18.2 Å². The highest BCUT2D eigenvalue weighted by Gasteiger charge is 2.39. The van der Waals surface area contributed by atoms with Crippen molar-refractivity contribution in [2.75, 3.05) is 7.11 Å². The Hall–Kier alpha value is -4.08. The lowest BCUT2D eigenvalue weighted by atomic mass is 10.0. The highest BCUT2D eigenvalue weighted by atomic mass is 16.5. The number of aromatic nitrogens is 4. The van der Waals surface area contributed by atoms with Crippen molar-refractivity contribution >= 4 is 17.7 Å². The molecule has 5 rings (SSSR count). The molecule has 3 amide bonds. The van der Waals surface area contributed by atoms with Crippen LogP contribution >= 0.6 is 0 Å². The SMILES string of the molecule is COc1cccc(-c2nc(-c3ccc4c(c3)CN([C@H]3CCC(=O)NC3=O)C4=O)n[nH]2)n1. The van der Waals surface area contributed by atoms with Crippen LogP contribution in [0.3, 0.4) is 0 Å². The molecule has 10 nitrogen and oxygen atoms in total. The molecule has 2 aliphatic rings. The molecule has 4 heterocycles. The molecule has 0 bridgehead atoms. The first-order valence-corrected chi connectivity index (χ1v) is 9.75. The number of imide groups is 1. The molecule has 10 heteroatoms. The molecule has 0 aliphatic carbocycles. The van der Waals surface area contributed by atoms with E-state index < -0.39 is 11.9 Å². The van der Waals surface area contributed by atoms with Crippen LogP contribution in [0.2, 0.25) is 0 Å². The summed E-state index contributed by atoms with van der Waals surface area (Å²) in [5, 5.41) is 9.46. The zero-order chi connectivity index (χ0) is 21.5. The summed E-state index contributed by atoms with van der Waals surface area (Å²) >= 11 is 0. The fourth-order valence-corrected chi connectivity index (χ4v) is 3.88. The van der Waals surface area contributed by atoms with Gasteiger partial charge in [0, 0.05) is 30.2 Å². The van der Waals surface area contributed by atoms with Crippen LogP contribution in [0.25, 0.3) is 22.9 Å². The van der Waals surface area contributed by atoms with Gasteiger partial charge in [-0.05, 0) is 30.2 Å². The predicted molar refractivity (Wildman–Crippen MR) is 108 cm³/mol. The van der Waals surface area contributed by atoms with E-state index in [1.165, 1.54) is 4.90 Å². The molecule has 1 atom stereocenters. The third-order valence-corrected chi connectivity index (χ3v) is 5.44. The van der Waals surface area contributed by atoms with Crippen LogP contribution in [-0.4, -0.2) is 55.9 Å². The molecule has 156 valence electrons. The molecular weight excluding hydrogens is 400 g/mol. The van der Waals surface area contributed by atoms with E-state index in [0.29, 0.717) is 41.8 Å². The molecule has 0 spiro atoms. The molecule has 1 aromatic carbocycles. The minimum absolute atomic E-state index is 0.215. The van der Waals surface area contributed by atoms with Crippen LogP contribution < -0.4 is 10.1 Å². The van der Waals surface area contributed by atoms with Crippen LogP contribution in [0.15, 0.2) is 36.4 Å². The van der Waals surface area contributed by atoms with E-state index in [9.17, 15) is 14.4 Å². The standard InChI is InChI=1S/C21H18N6O4/c1-31-17-4-2-3-14(22-17)19-24-18(25-26-19)11-5-6-13-12(9-11)10-27(21(13)30)15-7-8-16(28)23-20(15)29/h2-6,9,15H,7-8,10H2,1H3,(H,23,28,29)(H,24,25,26)/t15-/m0/s1. The Morgan fingerprint density at radius 3 is 2.81 bits per heavy atom. The number of rotatable bonds is 4. The number of aromatic amines is 1. The zero-order valence-electron chi connectivity index (χ0n) is 16.6. The van der Waals surface area contributed by atoms with E-state index in [1.54, 1.807) is 31.4 Å². The molecule has 3 aromatic rings. The summed E-state index contributed by atoms with van der Waals surface area (Å²) in [6, 6.07) is 10.1. The van der Waals surface area contributed by atoms with Crippen LogP contribution in [0, 0.1) is 0 Å². The molecule has 0 radical (unpaired) electrons.